The van der Waals surface area contributed by atoms with Crippen molar-refractivity contribution in [3.05, 3.63) is 23.4 Å². The number of allylic oxidation sites excluding steroid dienone is 3. The fourth-order valence-electron chi connectivity index (χ4n) is 2.11. The number of Topliss-reactive ketones (excluding diaryl/α,β-unsaturated/α-hetero) is 1. The Morgan fingerprint density at radius 2 is 2.31 bits per heavy atom. The van der Waals surface area contributed by atoms with Crippen molar-refractivity contribution in [1.82, 2.24) is 4.90 Å². The normalized spacial score (nSPS) is 21.8. The Morgan fingerprint density at radius 3 is 3.08 bits per heavy atom. The van der Waals surface area contributed by atoms with Gasteiger partial charge in [0.25, 0.3) is 0 Å². The summed E-state index contributed by atoms with van der Waals surface area (Å²) in [4.78, 5) is 13.7. The van der Waals surface area contributed by atoms with Crippen LogP contribution in [0, 0.1) is 0 Å². The Labute approximate surface area is 78.9 Å². The third-order valence-electron chi connectivity index (χ3n) is 2.77. The number of rotatable bonds is 1. The Hall–Kier alpha value is -1.05. The van der Waals surface area contributed by atoms with Crippen LogP contribution in [0.3, 0.4) is 0 Å². The molecule has 1 fully saturated rings. The lowest BCUT2D eigenvalue weighted by atomic mass is 9.97. The molecule has 0 aromatic carbocycles. The first-order valence-electron chi connectivity index (χ1n) is 4.94. The molecular weight excluding hydrogens is 162 g/mol. The number of hydrogen-bond donors (Lipinski definition) is 0. The molecule has 0 aromatic heterocycles. The van der Waals surface area contributed by atoms with Crippen molar-refractivity contribution in [1.29, 1.82) is 0 Å². The fourth-order valence-corrected chi connectivity index (χ4v) is 2.11. The predicted octanol–water partition coefficient (Wildman–Crippen LogP) is 1.89. The lowest BCUT2D eigenvalue weighted by Gasteiger charge is -2.34. The highest BCUT2D eigenvalue weighted by Gasteiger charge is 2.21. The third-order valence-corrected chi connectivity index (χ3v) is 2.77. The number of ketones is 1. The van der Waals surface area contributed by atoms with Crippen LogP contribution in [0.1, 0.15) is 26.2 Å². The predicted molar refractivity (Wildman–Crippen MR) is 52.3 cm³/mol. The van der Waals surface area contributed by atoms with Crippen LogP contribution in [0.25, 0.3) is 0 Å². The molecule has 2 heterocycles. The van der Waals surface area contributed by atoms with E-state index in [1.54, 1.807) is 6.92 Å². The molecule has 0 unspecified atom stereocenters. The maximum Gasteiger partial charge on any atom is 0.161 e. The van der Waals surface area contributed by atoms with Crippen molar-refractivity contribution in [2.75, 3.05) is 13.1 Å². The van der Waals surface area contributed by atoms with Crippen LogP contribution in [-0.2, 0) is 4.79 Å². The molecule has 0 atom stereocenters. The van der Waals surface area contributed by atoms with E-state index in [4.69, 9.17) is 0 Å². The highest BCUT2D eigenvalue weighted by Crippen LogP contribution is 2.27. The zero-order valence-corrected chi connectivity index (χ0v) is 8.05. The largest absolute Gasteiger partial charge is 0.371 e. The van der Waals surface area contributed by atoms with Crippen LogP contribution in [0.5, 0.6) is 0 Å². The Balaban J connectivity index is 2.33. The second-order valence-corrected chi connectivity index (χ2v) is 3.72. The number of piperidine rings is 1. The molecule has 70 valence electrons. The average Bonchev–Trinajstić information content (AvgIpc) is 2.17. The quantitative estimate of drug-likeness (QED) is 0.609. The first-order chi connectivity index (χ1) is 6.29. The van der Waals surface area contributed by atoms with Crippen LogP contribution < -0.4 is 0 Å². The van der Waals surface area contributed by atoms with Gasteiger partial charge in [-0.3, -0.25) is 4.79 Å². The monoisotopic (exact) mass is 177 g/mol. The molecule has 2 aliphatic heterocycles. The smallest absolute Gasteiger partial charge is 0.161 e. The van der Waals surface area contributed by atoms with Gasteiger partial charge in [-0.2, -0.15) is 0 Å². The van der Waals surface area contributed by atoms with Gasteiger partial charge in [0.15, 0.2) is 5.78 Å². The van der Waals surface area contributed by atoms with E-state index in [1.165, 1.54) is 18.5 Å². The summed E-state index contributed by atoms with van der Waals surface area (Å²) in [5, 5.41) is 0. The molecule has 2 nitrogen and oxygen atoms in total. The average molecular weight is 177 g/mol. The van der Waals surface area contributed by atoms with E-state index in [0.717, 1.165) is 25.1 Å². The van der Waals surface area contributed by atoms with Crippen LogP contribution >= 0.6 is 0 Å². The SMILES string of the molecule is CC(=O)C1=C2CCCCN2CC=C1. The molecular formula is C11H15NO. The molecule has 0 radical (unpaired) electrons. The summed E-state index contributed by atoms with van der Waals surface area (Å²) >= 11 is 0. The molecule has 13 heavy (non-hydrogen) atoms. The van der Waals surface area contributed by atoms with E-state index in [9.17, 15) is 4.79 Å². The van der Waals surface area contributed by atoms with Crippen LogP contribution in [0.2, 0.25) is 0 Å². The lowest BCUT2D eigenvalue weighted by Crippen LogP contribution is -2.31. The number of hydrogen-bond acceptors (Lipinski definition) is 2. The van der Waals surface area contributed by atoms with E-state index >= 15 is 0 Å². The van der Waals surface area contributed by atoms with Crippen molar-refractivity contribution in [3.8, 4) is 0 Å². The Morgan fingerprint density at radius 1 is 1.46 bits per heavy atom. The number of nitrogens with zero attached hydrogens (tertiary/aromatic N) is 1. The molecule has 0 bridgehead atoms. The van der Waals surface area contributed by atoms with Gasteiger partial charge in [-0.1, -0.05) is 12.2 Å². The van der Waals surface area contributed by atoms with Gasteiger partial charge in [0.05, 0.1) is 0 Å². The van der Waals surface area contributed by atoms with E-state index in [2.05, 4.69) is 11.0 Å². The first kappa shape index (κ1) is 8.54. The minimum atomic E-state index is 0.206. The zero-order chi connectivity index (χ0) is 9.26. The third kappa shape index (κ3) is 1.53. The summed E-state index contributed by atoms with van der Waals surface area (Å²) in [5.41, 5.74) is 2.22. The number of fused-ring (bicyclic) bond motifs is 1. The molecule has 2 aliphatic rings. The second kappa shape index (κ2) is 3.36. The van der Waals surface area contributed by atoms with E-state index in [0.29, 0.717) is 0 Å². The minimum Gasteiger partial charge on any atom is -0.371 e. The molecule has 0 aromatic rings. The van der Waals surface area contributed by atoms with Crippen molar-refractivity contribution < 1.29 is 4.79 Å². The van der Waals surface area contributed by atoms with Crippen molar-refractivity contribution >= 4 is 5.78 Å². The van der Waals surface area contributed by atoms with Crippen LogP contribution in [0.4, 0.5) is 0 Å². The molecule has 0 amide bonds. The summed E-state index contributed by atoms with van der Waals surface area (Å²) in [5.74, 6) is 0.206. The minimum absolute atomic E-state index is 0.206. The van der Waals surface area contributed by atoms with Crippen LogP contribution in [-0.4, -0.2) is 23.8 Å². The van der Waals surface area contributed by atoms with E-state index < -0.39 is 0 Å². The Bertz CT molecular complexity index is 288. The summed E-state index contributed by atoms with van der Waals surface area (Å²) in [6.45, 7) is 3.77. The van der Waals surface area contributed by atoms with Crippen LogP contribution in [0.15, 0.2) is 23.4 Å². The summed E-state index contributed by atoms with van der Waals surface area (Å²) in [7, 11) is 0. The molecule has 0 spiro atoms. The standard InChI is InChI=1S/C11H15NO/c1-9(13)10-5-4-8-12-7-3-2-6-11(10)12/h4-5H,2-3,6-8H2,1H3. The zero-order valence-electron chi connectivity index (χ0n) is 8.05. The first-order valence-corrected chi connectivity index (χ1v) is 4.94. The van der Waals surface area contributed by atoms with Crippen molar-refractivity contribution in [2.24, 2.45) is 0 Å². The molecule has 0 aliphatic carbocycles. The topological polar surface area (TPSA) is 20.3 Å². The van der Waals surface area contributed by atoms with Gasteiger partial charge in [0.1, 0.15) is 0 Å². The highest BCUT2D eigenvalue weighted by molar-refractivity contribution is 5.97. The molecule has 2 rings (SSSR count). The molecule has 2 heteroatoms. The number of carbonyl (C=O) groups excluding carboxylic acids is 1. The molecule has 1 saturated heterocycles. The van der Waals surface area contributed by atoms with Gasteiger partial charge in [0, 0.05) is 24.4 Å². The van der Waals surface area contributed by atoms with Crippen molar-refractivity contribution in [2.45, 2.75) is 26.2 Å². The second-order valence-electron chi connectivity index (χ2n) is 3.72. The number of carbonyl (C=O) groups is 1. The van der Waals surface area contributed by atoms with Crippen molar-refractivity contribution in [3.63, 3.8) is 0 Å². The van der Waals surface area contributed by atoms with Gasteiger partial charge < -0.3 is 4.90 Å². The van der Waals surface area contributed by atoms with Gasteiger partial charge in [0.2, 0.25) is 0 Å². The molecule has 0 N–H and O–H groups in total. The highest BCUT2D eigenvalue weighted by atomic mass is 16.1. The Kier molecular flexibility index (Phi) is 2.21. The summed E-state index contributed by atoms with van der Waals surface area (Å²) in [6, 6.07) is 0. The van der Waals surface area contributed by atoms with Gasteiger partial charge >= 0.3 is 0 Å². The maximum atomic E-state index is 11.3. The molecule has 0 saturated carbocycles. The van der Waals surface area contributed by atoms with Gasteiger partial charge in [-0.05, 0) is 26.2 Å². The van der Waals surface area contributed by atoms with E-state index in [-0.39, 0.29) is 5.78 Å². The summed E-state index contributed by atoms with van der Waals surface area (Å²) < 4.78 is 0. The van der Waals surface area contributed by atoms with Gasteiger partial charge in [-0.25, -0.2) is 0 Å². The fraction of sp³-hybridized carbons (Fsp3) is 0.545. The maximum absolute atomic E-state index is 11.3. The van der Waals surface area contributed by atoms with E-state index in [1.807, 2.05) is 6.08 Å². The lowest BCUT2D eigenvalue weighted by molar-refractivity contribution is -0.113. The summed E-state index contributed by atoms with van der Waals surface area (Å²) in [6.07, 6.45) is 7.66. The van der Waals surface area contributed by atoms with Gasteiger partial charge in [-0.15, -0.1) is 0 Å².